The van der Waals surface area contributed by atoms with Gasteiger partial charge in [0.2, 0.25) is 0 Å². The minimum absolute atomic E-state index is 0.0619. The van der Waals surface area contributed by atoms with E-state index < -0.39 is 0 Å². The first-order valence-corrected chi connectivity index (χ1v) is 25.1. The lowest BCUT2D eigenvalue weighted by molar-refractivity contribution is 0.375. The van der Waals surface area contributed by atoms with Gasteiger partial charge >= 0.3 is 0 Å². The Morgan fingerprint density at radius 3 is 1.27 bits per heavy atom. The zero-order chi connectivity index (χ0) is 49.5. The predicted molar refractivity (Wildman–Crippen MR) is 305 cm³/mol. The van der Waals surface area contributed by atoms with Crippen molar-refractivity contribution in [2.24, 2.45) is 10.9 Å². The van der Waals surface area contributed by atoms with Gasteiger partial charge in [0, 0.05) is 34.2 Å². The molecule has 0 amide bonds. The number of nitrogens with one attached hydrogen (secondary N) is 1. The zero-order valence-corrected chi connectivity index (χ0v) is 41.1. The first-order chi connectivity index (χ1) is 36.0. The summed E-state index contributed by atoms with van der Waals surface area (Å²) in [5, 5.41) is 3.84. The molecule has 0 radical (unpaired) electrons. The Kier molecular flexibility index (Phi) is 13.4. The maximum Gasteiger partial charge on any atom is 0.164 e. The van der Waals surface area contributed by atoms with E-state index in [-0.39, 0.29) is 12.1 Å². The lowest BCUT2D eigenvalue weighted by atomic mass is 9.85. The summed E-state index contributed by atoms with van der Waals surface area (Å²) in [7, 11) is 0. The molecule has 1 aromatic heterocycles. The molecule has 0 spiro atoms. The number of hydrogen-bond donors (Lipinski definition) is 1. The average Bonchev–Trinajstić information content (AvgIpc) is 3.47. The lowest BCUT2D eigenvalue weighted by Crippen LogP contribution is -2.48. The largest absolute Gasteiger partial charge is 0.366 e. The Morgan fingerprint density at radius 1 is 0.425 bits per heavy atom. The van der Waals surface area contributed by atoms with Crippen molar-refractivity contribution in [3.63, 3.8) is 0 Å². The number of hydrogen-bond acceptors (Lipinski definition) is 5. The van der Waals surface area contributed by atoms with Crippen molar-refractivity contribution >= 4 is 11.4 Å². The van der Waals surface area contributed by atoms with Crippen molar-refractivity contribution in [1.82, 2.24) is 20.3 Å². The molecule has 2 unspecified atom stereocenters. The van der Waals surface area contributed by atoms with E-state index in [0.29, 0.717) is 23.4 Å². The van der Waals surface area contributed by atoms with Crippen molar-refractivity contribution in [1.29, 1.82) is 0 Å². The third-order valence-corrected chi connectivity index (χ3v) is 13.9. The fraction of sp³-hybridized carbons (Fsp3) is 0.0882. The highest BCUT2D eigenvalue weighted by molar-refractivity contribution is 6.01. The van der Waals surface area contributed by atoms with Crippen LogP contribution >= 0.6 is 0 Å². The zero-order valence-electron chi connectivity index (χ0n) is 41.1. The summed E-state index contributed by atoms with van der Waals surface area (Å²) < 4.78 is 0. The molecule has 0 saturated carbocycles. The standard InChI is InChI=1S/C68H55N5/c1-4-22-63-47(3)64(41-46(2)48-23-8-5-9-24-48)70-65(69-63)57-35-20-33-55(44-57)53-31-18-29-51(42-53)52-30-19-32-54(43-52)56-34-21-36-58(45-56)66-71-67(61-39-16-14-37-59(61)49-25-10-6-11-26-49)73-68(72-66)62-40-17-15-38-60(62)50-27-12-7-13-28-50/h4-40,42-45,47,63-64H,2,41H2,1,3H3,(H,69,70)/b22-4+/t47-,63?,64?/m0/s1. The van der Waals surface area contributed by atoms with Crippen molar-refractivity contribution in [2.45, 2.75) is 32.4 Å². The Labute approximate surface area is 429 Å². The number of allylic oxidation sites excluding steroid dienone is 1. The van der Waals surface area contributed by atoms with Crippen molar-refractivity contribution in [3.8, 4) is 89.8 Å². The van der Waals surface area contributed by atoms with E-state index in [2.05, 4.69) is 262 Å². The number of nitrogens with zero attached hydrogens (tertiary/aromatic N) is 4. The number of aromatic nitrogens is 3. The molecular formula is C68H55N5. The molecule has 1 aliphatic heterocycles. The van der Waals surface area contributed by atoms with E-state index >= 15 is 0 Å². The van der Waals surface area contributed by atoms with E-state index in [1.54, 1.807) is 0 Å². The van der Waals surface area contributed by atoms with Crippen LogP contribution in [0.2, 0.25) is 0 Å². The number of rotatable bonds is 13. The van der Waals surface area contributed by atoms with Gasteiger partial charge in [-0.25, -0.2) is 15.0 Å². The van der Waals surface area contributed by atoms with Gasteiger partial charge in [0.15, 0.2) is 17.5 Å². The SMILES string of the molecule is C=C(CC1NC(c2cccc(-c3cccc(-c4cccc(-c5cccc(-c6nc(-c7ccccc7-c7ccccc7)nc(-c7ccccc7-c7ccccc7)n6)c5)c4)c3)c2)=NC(/C=C/C)[C@@H]1C)c1ccccc1. The van der Waals surface area contributed by atoms with Crippen molar-refractivity contribution in [2.75, 3.05) is 0 Å². The van der Waals surface area contributed by atoms with Crippen LogP contribution in [0.3, 0.4) is 0 Å². The minimum atomic E-state index is 0.0619. The fourth-order valence-electron chi connectivity index (χ4n) is 10.00. The van der Waals surface area contributed by atoms with E-state index in [4.69, 9.17) is 19.9 Å². The Balaban J connectivity index is 0.916. The summed E-state index contributed by atoms with van der Waals surface area (Å²) in [6.07, 6.45) is 5.17. The highest BCUT2D eigenvalue weighted by atomic mass is 15.1. The second-order valence-corrected chi connectivity index (χ2v) is 18.7. The molecule has 5 nitrogen and oxygen atoms in total. The first-order valence-electron chi connectivity index (χ1n) is 25.1. The van der Waals surface area contributed by atoms with Crippen LogP contribution in [-0.4, -0.2) is 32.9 Å². The number of amidine groups is 1. The summed E-state index contributed by atoms with van der Waals surface area (Å²) in [6, 6.07) is 83.2. The second kappa shape index (κ2) is 21.1. The van der Waals surface area contributed by atoms with E-state index in [9.17, 15) is 0 Å². The molecule has 2 heterocycles. The molecule has 11 rings (SSSR count). The third kappa shape index (κ3) is 10.1. The number of benzene rings is 9. The van der Waals surface area contributed by atoms with Crippen molar-refractivity contribution in [3.05, 3.63) is 266 Å². The Hall–Kier alpha value is -9.06. The summed E-state index contributed by atoms with van der Waals surface area (Å²) in [5.41, 5.74) is 17.2. The molecule has 0 saturated heterocycles. The Morgan fingerprint density at radius 2 is 0.795 bits per heavy atom. The molecule has 10 aromatic rings. The molecule has 5 heteroatoms. The molecule has 1 aliphatic rings. The van der Waals surface area contributed by atoms with Gasteiger partial charge in [0.25, 0.3) is 0 Å². The first kappa shape index (κ1) is 46.3. The lowest BCUT2D eigenvalue weighted by Gasteiger charge is -2.35. The quantitative estimate of drug-likeness (QED) is 0.117. The van der Waals surface area contributed by atoms with Crippen LogP contribution in [0.5, 0.6) is 0 Å². The fourth-order valence-corrected chi connectivity index (χ4v) is 10.00. The normalized spacial score (nSPS) is 15.4. The van der Waals surface area contributed by atoms with Crippen LogP contribution in [0, 0.1) is 5.92 Å². The molecular weight excluding hydrogens is 887 g/mol. The Bertz CT molecular complexity index is 3530. The molecule has 0 bridgehead atoms. The van der Waals surface area contributed by atoms with E-state index in [0.717, 1.165) is 95.7 Å². The van der Waals surface area contributed by atoms with E-state index in [1.165, 1.54) is 5.56 Å². The molecule has 3 atom stereocenters. The summed E-state index contributed by atoms with van der Waals surface area (Å²) in [4.78, 5) is 21.0. The summed E-state index contributed by atoms with van der Waals surface area (Å²) in [6.45, 7) is 8.85. The van der Waals surface area contributed by atoms with Crippen LogP contribution in [0.1, 0.15) is 31.4 Å². The third-order valence-electron chi connectivity index (χ3n) is 13.9. The number of aliphatic imine (C=N–C) groups is 1. The van der Waals surface area contributed by atoms with Gasteiger partial charge in [0.1, 0.15) is 5.84 Å². The molecule has 352 valence electrons. The smallest absolute Gasteiger partial charge is 0.164 e. The molecule has 0 aliphatic carbocycles. The van der Waals surface area contributed by atoms with Gasteiger partial charge < -0.3 is 5.32 Å². The molecule has 73 heavy (non-hydrogen) atoms. The second-order valence-electron chi connectivity index (χ2n) is 18.7. The summed E-state index contributed by atoms with van der Waals surface area (Å²) in [5.74, 6) is 3.05. The van der Waals surface area contributed by atoms with Crippen LogP contribution < -0.4 is 5.32 Å². The predicted octanol–water partition coefficient (Wildman–Crippen LogP) is 16.6. The topological polar surface area (TPSA) is 63.1 Å². The molecule has 0 fully saturated rings. The van der Waals surface area contributed by atoms with Crippen molar-refractivity contribution < 1.29 is 0 Å². The van der Waals surface area contributed by atoms with Crippen LogP contribution in [0.4, 0.5) is 0 Å². The van der Waals surface area contributed by atoms with Gasteiger partial charge in [0.05, 0.1) is 6.04 Å². The van der Waals surface area contributed by atoms with Gasteiger partial charge in [-0.2, -0.15) is 0 Å². The van der Waals surface area contributed by atoms with Gasteiger partial charge in [-0.15, -0.1) is 0 Å². The minimum Gasteiger partial charge on any atom is -0.366 e. The maximum absolute atomic E-state index is 5.26. The monoisotopic (exact) mass is 941 g/mol. The highest BCUT2D eigenvalue weighted by Crippen LogP contribution is 2.37. The average molecular weight is 942 g/mol. The van der Waals surface area contributed by atoms with Gasteiger partial charge in [-0.05, 0) is 104 Å². The molecule has 9 aromatic carbocycles. The van der Waals surface area contributed by atoms with Gasteiger partial charge in [-0.3, -0.25) is 4.99 Å². The van der Waals surface area contributed by atoms with Crippen LogP contribution in [0.15, 0.2) is 260 Å². The van der Waals surface area contributed by atoms with E-state index in [1.807, 2.05) is 12.1 Å². The van der Waals surface area contributed by atoms with Crippen LogP contribution in [0.25, 0.3) is 95.4 Å². The maximum atomic E-state index is 5.26. The van der Waals surface area contributed by atoms with Gasteiger partial charge in [-0.1, -0.05) is 238 Å². The van der Waals surface area contributed by atoms with Crippen LogP contribution in [-0.2, 0) is 0 Å². The summed E-state index contributed by atoms with van der Waals surface area (Å²) >= 11 is 0. The molecule has 1 N–H and O–H groups in total. The highest BCUT2D eigenvalue weighted by Gasteiger charge is 2.31.